The van der Waals surface area contributed by atoms with Crippen LogP contribution >= 0.6 is 0 Å². The molecule has 0 amide bonds. The van der Waals surface area contributed by atoms with Gasteiger partial charge in [-0.3, -0.25) is 9.80 Å². The van der Waals surface area contributed by atoms with Crippen LogP contribution in [0.5, 0.6) is 0 Å². The van der Waals surface area contributed by atoms with Gasteiger partial charge in [-0.25, -0.2) is 0 Å². The first-order valence-corrected chi connectivity index (χ1v) is 8.98. The maximum Gasteiger partial charge on any atom is 0.0480 e. The molecule has 0 unspecified atom stereocenters. The Bertz CT molecular complexity index is 471. The van der Waals surface area contributed by atoms with Gasteiger partial charge in [0.15, 0.2) is 0 Å². The fourth-order valence-electron chi connectivity index (χ4n) is 3.86. The highest BCUT2D eigenvalue weighted by Gasteiger charge is 2.31. The van der Waals surface area contributed by atoms with E-state index in [0.29, 0.717) is 12.1 Å². The van der Waals surface area contributed by atoms with Gasteiger partial charge in [0.2, 0.25) is 0 Å². The summed E-state index contributed by atoms with van der Waals surface area (Å²) >= 11 is 0. The van der Waals surface area contributed by atoms with Crippen molar-refractivity contribution in [2.75, 3.05) is 39.5 Å². The maximum absolute atomic E-state index is 9.47. The van der Waals surface area contributed by atoms with Crippen molar-refractivity contribution in [2.45, 2.75) is 44.8 Å². The first-order valence-electron chi connectivity index (χ1n) is 8.98. The van der Waals surface area contributed by atoms with Gasteiger partial charge in [-0.1, -0.05) is 29.8 Å². The summed E-state index contributed by atoms with van der Waals surface area (Å²) in [6.07, 6.45) is 3.18. The van der Waals surface area contributed by atoms with Crippen molar-refractivity contribution in [3.8, 4) is 0 Å². The minimum absolute atomic E-state index is 0.274. The molecule has 4 heteroatoms. The number of hydrogen-bond donors (Lipinski definition) is 1. The molecule has 1 aromatic carbocycles. The Hall–Kier alpha value is -0.940. The molecular formula is C19H30N2O2. The van der Waals surface area contributed by atoms with Crippen LogP contribution in [0.2, 0.25) is 0 Å². The number of aliphatic hydroxyl groups excluding tert-OH is 1. The molecule has 1 N–H and O–H groups in total. The predicted molar refractivity (Wildman–Crippen MR) is 92.5 cm³/mol. The minimum atomic E-state index is 0.274. The molecule has 0 aromatic heterocycles. The summed E-state index contributed by atoms with van der Waals surface area (Å²) in [4.78, 5) is 5.19. The summed E-state index contributed by atoms with van der Waals surface area (Å²) < 4.78 is 5.50. The lowest BCUT2D eigenvalue weighted by molar-refractivity contribution is -0.0116. The van der Waals surface area contributed by atoms with Crippen molar-refractivity contribution in [3.63, 3.8) is 0 Å². The first kappa shape index (κ1) is 16.9. The summed E-state index contributed by atoms with van der Waals surface area (Å²) in [7, 11) is 0. The van der Waals surface area contributed by atoms with Crippen molar-refractivity contribution in [1.82, 2.24) is 9.80 Å². The molecule has 0 saturated carbocycles. The van der Waals surface area contributed by atoms with E-state index < -0.39 is 0 Å². The summed E-state index contributed by atoms with van der Waals surface area (Å²) in [5, 5.41) is 9.47. The van der Waals surface area contributed by atoms with E-state index in [2.05, 4.69) is 41.0 Å². The number of nitrogens with zero attached hydrogens (tertiary/aromatic N) is 2. The average molecular weight is 318 g/mol. The molecule has 1 atom stereocenters. The molecule has 23 heavy (non-hydrogen) atoms. The molecule has 2 fully saturated rings. The Morgan fingerprint density at radius 3 is 2.57 bits per heavy atom. The van der Waals surface area contributed by atoms with Crippen LogP contribution in [0.4, 0.5) is 0 Å². The zero-order chi connectivity index (χ0) is 16.1. The van der Waals surface area contributed by atoms with Gasteiger partial charge >= 0.3 is 0 Å². The van der Waals surface area contributed by atoms with E-state index in [4.69, 9.17) is 4.74 Å². The number of aliphatic hydroxyl groups is 1. The number of rotatable bonds is 5. The van der Waals surface area contributed by atoms with Gasteiger partial charge in [0.05, 0.1) is 0 Å². The van der Waals surface area contributed by atoms with Crippen LogP contribution in [0.3, 0.4) is 0 Å². The smallest absolute Gasteiger partial charge is 0.0480 e. The second kappa shape index (κ2) is 8.25. The summed E-state index contributed by atoms with van der Waals surface area (Å²) in [5.74, 6) is 0. The Morgan fingerprint density at radius 2 is 1.87 bits per heavy atom. The zero-order valence-electron chi connectivity index (χ0n) is 14.3. The van der Waals surface area contributed by atoms with Crippen LogP contribution in [0, 0.1) is 6.92 Å². The van der Waals surface area contributed by atoms with Gasteiger partial charge in [-0.15, -0.1) is 0 Å². The molecule has 2 heterocycles. The third kappa shape index (κ3) is 4.54. The third-order valence-corrected chi connectivity index (χ3v) is 5.31. The van der Waals surface area contributed by atoms with Gasteiger partial charge in [-0.2, -0.15) is 0 Å². The molecular weight excluding hydrogens is 288 g/mol. The number of hydrogen-bond acceptors (Lipinski definition) is 4. The average Bonchev–Trinajstić information content (AvgIpc) is 2.59. The summed E-state index contributed by atoms with van der Waals surface area (Å²) in [6.45, 7) is 8.51. The highest BCUT2D eigenvalue weighted by atomic mass is 16.5. The van der Waals surface area contributed by atoms with Gasteiger partial charge in [-0.05, 0) is 31.7 Å². The molecule has 0 aliphatic carbocycles. The standard InChI is InChI=1S/C19H30N2O2/c1-16-2-4-17(5-3-16)14-20-9-10-21(15-19(20)6-11-22)18-7-12-23-13-8-18/h2-5,18-19,22H,6-15H2,1H3/t19-/m1/s1. The molecule has 2 aliphatic rings. The van der Waals surface area contributed by atoms with Gasteiger partial charge in [0, 0.05) is 58.1 Å². The molecule has 0 bridgehead atoms. The van der Waals surface area contributed by atoms with Crippen LogP contribution in [0.15, 0.2) is 24.3 Å². The SMILES string of the molecule is Cc1ccc(CN2CCN(C3CCOCC3)C[C@H]2CCO)cc1. The van der Waals surface area contributed by atoms with E-state index >= 15 is 0 Å². The normalized spacial score (nSPS) is 24.9. The Labute approximate surface area is 140 Å². The number of aryl methyl sites for hydroxylation is 1. The lowest BCUT2D eigenvalue weighted by Gasteiger charge is -2.45. The fourth-order valence-corrected chi connectivity index (χ4v) is 3.86. The minimum Gasteiger partial charge on any atom is -0.396 e. The number of benzene rings is 1. The van der Waals surface area contributed by atoms with Crippen LogP contribution in [0.1, 0.15) is 30.4 Å². The molecule has 0 radical (unpaired) electrons. The third-order valence-electron chi connectivity index (χ3n) is 5.31. The van der Waals surface area contributed by atoms with Crippen molar-refractivity contribution < 1.29 is 9.84 Å². The van der Waals surface area contributed by atoms with Gasteiger partial charge in [0.1, 0.15) is 0 Å². The van der Waals surface area contributed by atoms with Crippen molar-refractivity contribution in [2.24, 2.45) is 0 Å². The molecule has 4 nitrogen and oxygen atoms in total. The molecule has 0 spiro atoms. The Balaban J connectivity index is 1.61. The van der Waals surface area contributed by atoms with Crippen molar-refractivity contribution in [1.29, 1.82) is 0 Å². The van der Waals surface area contributed by atoms with Crippen molar-refractivity contribution >= 4 is 0 Å². The highest BCUT2D eigenvalue weighted by molar-refractivity contribution is 5.21. The second-order valence-electron chi connectivity index (χ2n) is 6.96. The monoisotopic (exact) mass is 318 g/mol. The Kier molecular flexibility index (Phi) is 6.06. The summed E-state index contributed by atoms with van der Waals surface area (Å²) in [6, 6.07) is 9.97. The van der Waals surface area contributed by atoms with Crippen LogP contribution in [0.25, 0.3) is 0 Å². The quantitative estimate of drug-likeness (QED) is 0.901. The predicted octanol–water partition coefficient (Wildman–Crippen LogP) is 2.04. The van der Waals surface area contributed by atoms with E-state index in [1.54, 1.807) is 0 Å². The molecule has 1 aromatic rings. The lowest BCUT2D eigenvalue weighted by Crippen LogP contribution is -2.56. The van der Waals surface area contributed by atoms with E-state index in [1.165, 1.54) is 11.1 Å². The van der Waals surface area contributed by atoms with Crippen molar-refractivity contribution in [3.05, 3.63) is 35.4 Å². The maximum atomic E-state index is 9.47. The topological polar surface area (TPSA) is 35.9 Å². The largest absolute Gasteiger partial charge is 0.396 e. The molecule has 3 rings (SSSR count). The molecule has 2 aliphatic heterocycles. The van der Waals surface area contributed by atoms with Crippen LogP contribution in [-0.2, 0) is 11.3 Å². The van der Waals surface area contributed by atoms with E-state index in [9.17, 15) is 5.11 Å². The van der Waals surface area contributed by atoms with E-state index in [1.807, 2.05) is 0 Å². The number of piperazine rings is 1. The zero-order valence-corrected chi connectivity index (χ0v) is 14.3. The molecule has 128 valence electrons. The lowest BCUT2D eigenvalue weighted by atomic mass is 10.0. The van der Waals surface area contributed by atoms with Crippen LogP contribution in [-0.4, -0.2) is 66.4 Å². The summed E-state index contributed by atoms with van der Waals surface area (Å²) in [5.41, 5.74) is 2.68. The second-order valence-corrected chi connectivity index (χ2v) is 6.96. The molecule has 2 saturated heterocycles. The first-order chi connectivity index (χ1) is 11.3. The highest BCUT2D eigenvalue weighted by Crippen LogP contribution is 2.22. The Morgan fingerprint density at radius 1 is 1.13 bits per heavy atom. The van der Waals surface area contributed by atoms with Gasteiger partial charge < -0.3 is 9.84 Å². The van der Waals surface area contributed by atoms with Gasteiger partial charge in [0.25, 0.3) is 0 Å². The fraction of sp³-hybridized carbons (Fsp3) is 0.684. The van der Waals surface area contributed by atoms with Crippen LogP contribution < -0.4 is 0 Å². The van der Waals surface area contributed by atoms with E-state index in [-0.39, 0.29) is 6.61 Å². The number of ether oxygens (including phenoxy) is 1. The van der Waals surface area contributed by atoms with E-state index in [0.717, 1.165) is 58.7 Å².